The summed E-state index contributed by atoms with van der Waals surface area (Å²) < 4.78 is 12.0. The van der Waals surface area contributed by atoms with Gasteiger partial charge < -0.3 is 30.1 Å². The van der Waals surface area contributed by atoms with E-state index in [9.17, 15) is 19.5 Å². The molecule has 2 bridgehead atoms. The van der Waals surface area contributed by atoms with E-state index in [1.165, 1.54) is 4.90 Å². The van der Waals surface area contributed by atoms with Crippen LogP contribution in [0.2, 0.25) is 5.02 Å². The van der Waals surface area contributed by atoms with Crippen LogP contribution in [-0.2, 0) is 19.1 Å². The minimum absolute atomic E-state index is 0.334. The molecule has 3 fully saturated rings. The Morgan fingerprint density at radius 1 is 1.11 bits per heavy atom. The van der Waals surface area contributed by atoms with Crippen molar-refractivity contribution in [3.63, 3.8) is 0 Å². The summed E-state index contributed by atoms with van der Waals surface area (Å²) in [5, 5.41) is 16.3. The highest BCUT2D eigenvalue weighted by Crippen LogP contribution is 2.63. The summed E-state index contributed by atoms with van der Waals surface area (Å²) in [6.07, 6.45) is 0.963. The molecule has 3 aliphatic rings. The summed E-state index contributed by atoms with van der Waals surface area (Å²) in [5.74, 6) is -2.12. The van der Waals surface area contributed by atoms with E-state index < -0.39 is 41.0 Å². The average molecular weight is 542 g/mol. The van der Waals surface area contributed by atoms with Gasteiger partial charge in [0, 0.05) is 16.4 Å². The van der Waals surface area contributed by atoms with Crippen molar-refractivity contribution in [2.45, 2.75) is 56.9 Å². The second kappa shape index (κ2) is 9.87. The van der Waals surface area contributed by atoms with Crippen LogP contribution in [0, 0.1) is 11.8 Å². The van der Waals surface area contributed by atoms with E-state index in [-0.39, 0.29) is 18.4 Å². The van der Waals surface area contributed by atoms with Gasteiger partial charge in [-0.05, 0) is 82.1 Å². The van der Waals surface area contributed by atoms with Crippen molar-refractivity contribution < 1.29 is 29.0 Å². The number of hydrogen-bond donors (Lipinski definition) is 3. The molecule has 0 aliphatic carbocycles. The minimum Gasteiger partial charge on any atom is -0.494 e. The summed E-state index contributed by atoms with van der Waals surface area (Å²) in [5.41, 5.74) is -1.01. The summed E-state index contributed by atoms with van der Waals surface area (Å²) in [4.78, 5) is 42.8. The maximum Gasteiger partial charge on any atom is 0.250 e. The normalized spacial score (nSPS) is 30.2. The lowest BCUT2D eigenvalue weighted by atomic mass is 9.66. The lowest BCUT2D eigenvalue weighted by Gasteiger charge is -2.35. The van der Waals surface area contributed by atoms with Gasteiger partial charge >= 0.3 is 0 Å². The Balaban J connectivity index is 1.46. The number of likely N-dealkylation sites (tertiary alicyclic amines) is 1. The molecule has 3 saturated heterocycles. The second-order valence-electron chi connectivity index (χ2n) is 10.4. The van der Waals surface area contributed by atoms with Gasteiger partial charge in [-0.15, -0.1) is 0 Å². The van der Waals surface area contributed by atoms with Gasteiger partial charge in [-0.2, -0.15) is 0 Å². The molecular weight excluding hydrogens is 510 g/mol. The van der Waals surface area contributed by atoms with Gasteiger partial charge in [0.2, 0.25) is 17.7 Å². The van der Waals surface area contributed by atoms with Crippen molar-refractivity contribution in [1.29, 1.82) is 0 Å². The lowest BCUT2D eigenvalue weighted by Crippen LogP contribution is -2.55. The number of hydrogen-bond acceptors (Lipinski definition) is 6. The highest BCUT2D eigenvalue weighted by molar-refractivity contribution is 6.30. The summed E-state index contributed by atoms with van der Waals surface area (Å²) in [6.45, 7) is 5.61. The van der Waals surface area contributed by atoms with Crippen LogP contribution in [-0.4, -0.2) is 64.2 Å². The topological polar surface area (TPSA) is 117 Å². The monoisotopic (exact) mass is 541 g/mol. The Bertz CT molecular complexity index is 1240. The summed E-state index contributed by atoms with van der Waals surface area (Å²) in [6, 6.07) is 12.0. The minimum atomic E-state index is -1.19. The number of ether oxygens (including phenoxy) is 2. The van der Waals surface area contributed by atoms with Crippen molar-refractivity contribution in [1.82, 2.24) is 4.90 Å². The molecule has 2 aromatic rings. The Morgan fingerprint density at radius 3 is 2.32 bits per heavy atom. The highest BCUT2D eigenvalue weighted by Gasteiger charge is 2.78. The van der Waals surface area contributed by atoms with Crippen molar-refractivity contribution >= 4 is 40.7 Å². The first-order valence-electron chi connectivity index (χ1n) is 12.9. The Kier molecular flexibility index (Phi) is 6.87. The Labute approximate surface area is 226 Å². The molecule has 38 heavy (non-hydrogen) atoms. The lowest BCUT2D eigenvalue weighted by molar-refractivity contribution is -0.146. The maximum atomic E-state index is 14.0. The third kappa shape index (κ3) is 4.22. The van der Waals surface area contributed by atoms with E-state index in [1.807, 2.05) is 13.8 Å². The number of halogens is 1. The van der Waals surface area contributed by atoms with E-state index in [0.717, 1.165) is 0 Å². The number of aliphatic hydroxyl groups excluding tert-OH is 1. The molecule has 9 nitrogen and oxygen atoms in total. The molecular formula is C28H32ClN3O6. The largest absolute Gasteiger partial charge is 0.494 e. The van der Waals surface area contributed by atoms with Crippen molar-refractivity contribution in [2.24, 2.45) is 11.8 Å². The van der Waals surface area contributed by atoms with Gasteiger partial charge in [-0.3, -0.25) is 14.4 Å². The summed E-state index contributed by atoms with van der Waals surface area (Å²) >= 11 is 5.98. The number of carbonyl (C=O) groups excluding carboxylic acids is 3. The van der Waals surface area contributed by atoms with E-state index in [4.69, 9.17) is 21.1 Å². The van der Waals surface area contributed by atoms with E-state index in [1.54, 1.807) is 55.5 Å². The molecule has 10 heteroatoms. The molecule has 0 radical (unpaired) electrons. The molecule has 1 spiro atoms. The van der Waals surface area contributed by atoms with E-state index >= 15 is 0 Å². The number of benzene rings is 2. The van der Waals surface area contributed by atoms with Crippen molar-refractivity contribution in [2.75, 3.05) is 23.8 Å². The van der Waals surface area contributed by atoms with Gasteiger partial charge in [0.25, 0.3) is 0 Å². The quantitative estimate of drug-likeness (QED) is 0.471. The molecule has 0 aromatic heterocycles. The molecule has 5 rings (SSSR count). The fourth-order valence-corrected chi connectivity index (χ4v) is 6.52. The van der Waals surface area contributed by atoms with E-state index in [0.29, 0.717) is 41.6 Å². The van der Waals surface area contributed by atoms with Gasteiger partial charge in [0.1, 0.15) is 17.4 Å². The zero-order valence-corrected chi connectivity index (χ0v) is 22.3. The first-order chi connectivity index (χ1) is 18.1. The number of anilines is 2. The first-order valence-corrected chi connectivity index (χ1v) is 13.2. The highest BCUT2D eigenvalue weighted by atomic mass is 35.5. The molecule has 202 valence electrons. The van der Waals surface area contributed by atoms with Crippen LogP contribution in [0.15, 0.2) is 48.5 Å². The zero-order valence-electron chi connectivity index (χ0n) is 21.6. The average Bonchev–Trinajstić information content (AvgIpc) is 3.47. The van der Waals surface area contributed by atoms with Crippen LogP contribution in [0.5, 0.6) is 5.75 Å². The maximum absolute atomic E-state index is 14.0. The number of carbonyl (C=O) groups is 3. The van der Waals surface area contributed by atoms with Crippen molar-refractivity contribution in [3.8, 4) is 5.75 Å². The van der Waals surface area contributed by atoms with Crippen LogP contribution in [0.25, 0.3) is 0 Å². The van der Waals surface area contributed by atoms with Crippen LogP contribution >= 0.6 is 11.6 Å². The Hall–Kier alpha value is -3.14. The fraction of sp³-hybridized carbons (Fsp3) is 0.464. The van der Waals surface area contributed by atoms with Crippen LogP contribution in [0.1, 0.15) is 33.6 Å². The summed E-state index contributed by atoms with van der Waals surface area (Å²) in [7, 11) is 0. The smallest absolute Gasteiger partial charge is 0.250 e. The number of fused-ring (bicyclic) bond motifs is 1. The molecule has 3 N–H and O–H groups in total. The van der Waals surface area contributed by atoms with Gasteiger partial charge in [-0.25, -0.2) is 0 Å². The predicted molar refractivity (Wildman–Crippen MR) is 142 cm³/mol. The third-order valence-electron chi connectivity index (χ3n) is 8.03. The third-order valence-corrected chi connectivity index (χ3v) is 8.28. The first kappa shape index (κ1) is 26.5. The molecule has 2 unspecified atom stereocenters. The molecule has 6 atom stereocenters. The number of aliphatic hydroxyl groups is 1. The predicted octanol–water partition coefficient (Wildman–Crippen LogP) is 3.46. The van der Waals surface area contributed by atoms with Gasteiger partial charge in [0.15, 0.2) is 0 Å². The molecule has 3 heterocycles. The van der Waals surface area contributed by atoms with Crippen LogP contribution < -0.4 is 15.4 Å². The van der Waals surface area contributed by atoms with Crippen LogP contribution in [0.4, 0.5) is 11.4 Å². The van der Waals surface area contributed by atoms with Crippen molar-refractivity contribution in [3.05, 3.63) is 53.6 Å². The standard InChI is InChI=1S/C28H32ClN3O6/c1-4-37-20-11-9-19(10-12-20)30-24(34)21-22-26(36)32(16(2)15-33)23(28(22)14-13-27(21,3)38-28)25(35)31-18-7-5-17(29)6-8-18/h5-12,16,21-23,33H,4,13-15H2,1-3H3,(H,30,34)(H,31,35)/t16-,21-,22+,23?,27+,28?/m1/s1. The molecule has 2 aromatic carbocycles. The number of nitrogens with one attached hydrogen (secondary N) is 2. The van der Waals surface area contributed by atoms with Gasteiger partial charge in [-0.1, -0.05) is 11.6 Å². The molecule has 0 saturated carbocycles. The van der Waals surface area contributed by atoms with Gasteiger partial charge in [0.05, 0.1) is 36.7 Å². The number of nitrogens with zero attached hydrogens (tertiary/aromatic N) is 1. The number of amides is 3. The second-order valence-corrected chi connectivity index (χ2v) is 10.9. The van der Waals surface area contributed by atoms with E-state index in [2.05, 4.69) is 10.6 Å². The van der Waals surface area contributed by atoms with Crippen LogP contribution in [0.3, 0.4) is 0 Å². The number of rotatable bonds is 8. The molecule has 3 amide bonds. The zero-order chi connectivity index (χ0) is 27.2. The SMILES string of the molecule is CCOc1ccc(NC(=O)[C@H]2[C@H]3C(=O)N([C@H](C)CO)C(C(=O)Nc4ccc(Cl)cc4)C34CC[C@]2(C)O4)cc1. The molecule has 3 aliphatic heterocycles. The Morgan fingerprint density at radius 2 is 1.71 bits per heavy atom. The fourth-order valence-electron chi connectivity index (χ4n) is 6.39.